The maximum absolute atomic E-state index is 13.0. The first kappa shape index (κ1) is 16.8. The summed E-state index contributed by atoms with van der Waals surface area (Å²) in [6.07, 6.45) is 1.97. The Balaban J connectivity index is 1.92. The van der Waals surface area contributed by atoms with Crippen LogP contribution < -0.4 is 0 Å². The van der Waals surface area contributed by atoms with Crippen molar-refractivity contribution in [2.45, 2.75) is 33.6 Å². The second-order valence-corrected chi connectivity index (χ2v) is 6.90. The molecule has 1 N–H and O–H groups in total. The summed E-state index contributed by atoms with van der Waals surface area (Å²) in [5.74, 6) is 0.295. The minimum atomic E-state index is 0.0835. The highest BCUT2D eigenvalue weighted by molar-refractivity contribution is 5.96. The van der Waals surface area contributed by atoms with Gasteiger partial charge in [0.2, 0.25) is 0 Å². The van der Waals surface area contributed by atoms with Crippen LogP contribution in [0.25, 0.3) is 5.69 Å². The van der Waals surface area contributed by atoms with Crippen molar-refractivity contribution in [3.05, 3.63) is 52.8 Å². The van der Waals surface area contributed by atoms with Gasteiger partial charge in [0.15, 0.2) is 0 Å². The first-order valence-corrected chi connectivity index (χ1v) is 8.67. The minimum absolute atomic E-state index is 0.0835. The SMILES string of the molecule is Cc1cccc(-n2c(C)cc(C(=O)N3CCC[C@H](CO)C3)c2C)c1. The fourth-order valence-corrected chi connectivity index (χ4v) is 3.71. The van der Waals surface area contributed by atoms with Crippen molar-refractivity contribution in [3.63, 3.8) is 0 Å². The lowest BCUT2D eigenvalue weighted by atomic mass is 9.98. The van der Waals surface area contributed by atoms with Crippen LogP contribution in [-0.2, 0) is 0 Å². The molecule has 0 saturated carbocycles. The number of benzene rings is 1. The second kappa shape index (κ2) is 6.81. The number of nitrogens with zero attached hydrogens (tertiary/aromatic N) is 2. The van der Waals surface area contributed by atoms with E-state index in [2.05, 4.69) is 29.7 Å². The fraction of sp³-hybridized carbons (Fsp3) is 0.450. The smallest absolute Gasteiger partial charge is 0.255 e. The fourth-order valence-electron chi connectivity index (χ4n) is 3.71. The van der Waals surface area contributed by atoms with Gasteiger partial charge in [-0.25, -0.2) is 0 Å². The van der Waals surface area contributed by atoms with Crippen molar-refractivity contribution < 1.29 is 9.90 Å². The summed E-state index contributed by atoms with van der Waals surface area (Å²) in [5, 5.41) is 9.40. The van der Waals surface area contributed by atoms with E-state index in [4.69, 9.17) is 0 Å². The van der Waals surface area contributed by atoms with E-state index in [0.29, 0.717) is 6.54 Å². The lowest BCUT2D eigenvalue weighted by molar-refractivity contribution is 0.0620. The van der Waals surface area contributed by atoms with Gasteiger partial charge in [0.1, 0.15) is 0 Å². The van der Waals surface area contributed by atoms with Crippen molar-refractivity contribution in [1.82, 2.24) is 9.47 Å². The van der Waals surface area contributed by atoms with Gasteiger partial charge in [0.05, 0.1) is 5.56 Å². The number of aliphatic hydroxyl groups excluding tert-OH is 1. The van der Waals surface area contributed by atoms with Gasteiger partial charge in [-0.3, -0.25) is 4.79 Å². The van der Waals surface area contributed by atoms with E-state index in [0.717, 1.165) is 42.0 Å². The van der Waals surface area contributed by atoms with E-state index in [1.54, 1.807) is 0 Å². The Labute approximate surface area is 143 Å². The van der Waals surface area contributed by atoms with Gasteiger partial charge >= 0.3 is 0 Å². The number of aryl methyl sites for hydroxylation is 2. The summed E-state index contributed by atoms with van der Waals surface area (Å²) < 4.78 is 2.15. The van der Waals surface area contributed by atoms with Crippen LogP contribution in [0.3, 0.4) is 0 Å². The first-order valence-electron chi connectivity index (χ1n) is 8.67. The molecule has 1 aliphatic rings. The van der Waals surface area contributed by atoms with Crippen molar-refractivity contribution in [2.24, 2.45) is 5.92 Å². The van der Waals surface area contributed by atoms with Crippen LogP contribution in [0.2, 0.25) is 0 Å². The molecule has 1 aliphatic heterocycles. The number of rotatable bonds is 3. The van der Waals surface area contributed by atoms with E-state index < -0.39 is 0 Å². The first-order chi connectivity index (χ1) is 11.5. The number of likely N-dealkylation sites (tertiary alicyclic amines) is 1. The summed E-state index contributed by atoms with van der Waals surface area (Å²) in [6, 6.07) is 10.3. The van der Waals surface area contributed by atoms with E-state index in [9.17, 15) is 9.90 Å². The van der Waals surface area contributed by atoms with Crippen LogP contribution in [0.1, 0.15) is 40.2 Å². The van der Waals surface area contributed by atoms with Gasteiger partial charge < -0.3 is 14.6 Å². The number of carbonyl (C=O) groups excluding carboxylic acids is 1. The summed E-state index contributed by atoms with van der Waals surface area (Å²) in [5.41, 5.74) is 5.12. The highest BCUT2D eigenvalue weighted by atomic mass is 16.3. The Bertz CT molecular complexity index is 748. The third kappa shape index (κ3) is 3.11. The van der Waals surface area contributed by atoms with Crippen molar-refractivity contribution in [3.8, 4) is 5.69 Å². The second-order valence-electron chi connectivity index (χ2n) is 6.90. The van der Waals surface area contributed by atoms with E-state index in [1.165, 1.54) is 5.56 Å². The predicted molar refractivity (Wildman–Crippen MR) is 95.7 cm³/mol. The summed E-state index contributed by atoms with van der Waals surface area (Å²) in [6.45, 7) is 7.72. The molecule has 2 aromatic rings. The number of aliphatic hydroxyl groups is 1. The molecule has 1 amide bonds. The molecule has 4 heteroatoms. The Morgan fingerprint density at radius 3 is 2.75 bits per heavy atom. The maximum Gasteiger partial charge on any atom is 0.255 e. The van der Waals surface area contributed by atoms with Crippen molar-refractivity contribution >= 4 is 5.91 Å². The molecule has 2 heterocycles. The molecular formula is C20H26N2O2. The Kier molecular flexibility index (Phi) is 4.76. The van der Waals surface area contributed by atoms with Gasteiger partial charge in [-0.1, -0.05) is 12.1 Å². The van der Waals surface area contributed by atoms with Gasteiger partial charge in [-0.15, -0.1) is 0 Å². The molecule has 1 atom stereocenters. The zero-order valence-corrected chi connectivity index (χ0v) is 14.7. The Morgan fingerprint density at radius 1 is 1.25 bits per heavy atom. The number of hydrogen-bond donors (Lipinski definition) is 1. The largest absolute Gasteiger partial charge is 0.396 e. The minimum Gasteiger partial charge on any atom is -0.396 e. The van der Waals surface area contributed by atoms with Crippen molar-refractivity contribution in [1.29, 1.82) is 0 Å². The third-order valence-electron chi connectivity index (χ3n) is 4.99. The number of carbonyl (C=O) groups is 1. The Morgan fingerprint density at radius 2 is 2.04 bits per heavy atom. The number of hydrogen-bond acceptors (Lipinski definition) is 2. The highest BCUT2D eigenvalue weighted by Gasteiger charge is 2.26. The average Bonchev–Trinajstić information content (AvgIpc) is 2.88. The van der Waals surface area contributed by atoms with Crippen LogP contribution >= 0.6 is 0 Å². The molecule has 24 heavy (non-hydrogen) atoms. The zero-order valence-electron chi connectivity index (χ0n) is 14.7. The molecule has 0 aliphatic carbocycles. The van der Waals surface area contributed by atoms with E-state index >= 15 is 0 Å². The molecule has 4 nitrogen and oxygen atoms in total. The van der Waals surface area contributed by atoms with Gasteiger partial charge in [-0.2, -0.15) is 0 Å². The molecule has 1 aromatic carbocycles. The molecule has 0 radical (unpaired) electrons. The number of aromatic nitrogens is 1. The van der Waals surface area contributed by atoms with Crippen LogP contribution in [0.5, 0.6) is 0 Å². The molecular weight excluding hydrogens is 300 g/mol. The molecule has 1 aromatic heterocycles. The quantitative estimate of drug-likeness (QED) is 0.941. The van der Waals surface area contributed by atoms with Crippen LogP contribution in [-0.4, -0.2) is 40.2 Å². The third-order valence-corrected chi connectivity index (χ3v) is 4.99. The topological polar surface area (TPSA) is 45.5 Å². The van der Waals surface area contributed by atoms with Crippen LogP contribution in [0.15, 0.2) is 30.3 Å². The van der Waals surface area contributed by atoms with Crippen LogP contribution in [0.4, 0.5) is 0 Å². The predicted octanol–water partition coefficient (Wildman–Crippen LogP) is 3.25. The highest BCUT2D eigenvalue weighted by Crippen LogP contribution is 2.25. The van der Waals surface area contributed by atoms with E-state index in [1.807, 2.05) is 30.9 Å². The Hall–Kier alpha value is -2.07. The monoisotopic (exact) mass is 326 g/mol. The molecule has 128 valence electrons. The molecule has 0 bridgehead atoms. The zero-order chi connectivity index (χ0) is 17.3. The summed E-state index contributed by atoms with van der Waals surface area (Å²) in [4.78, 5) is 14.9. The standard InChI is InChI=1S/C20H26N2O2/c1-14-6-4-8-18(10-14)22-15(2)11-19(16(22)3)20(24)21-9-5-7-17(12-21)13-23/h4,6,8,10-11,17,23H,5,7,9,12-13H2,1-3H3/t17-/m0/s1. The maximum atomic E-state index is 13.0. The van der Waals surface area contributed by atoms with Gasteiger partial charge in [-0.05, 0) is 63.3 Å². The lowest BCUT2D eigenvalue weighted by Gasteiger charge is -2.31. The summed E-state index contributed by atoms with van der Waals surface area (Å²) in [7, 11) is 0. The molecule has 1 saturated heterocycles. The number of amides is 1. The molecule has 0 unspecified atom stereocenters. The van der Waals surface area contributed by atoms with Crippen molar-refractivity contribution in [2.75, 3.05) is 19.7 Å². The van der Waals surface area contributed by atoms with E-state index in [-0.39, 0.29) is 18.4 Å². The average molecular weight is 326 g/mol. The van der Waals surface area contributed by atoms with Crippen LogP contribution in [0, 0.1) is 26.7 Å². The van der Waals surface area contributed by atoms with Gasteiger partial charge in [0.25, 0.3) is 5.91 Å². The van der Waals surface area contributed by atoms with Gasteiger partial charge in [0, 0.05) is 36.8 Å². The molecule has 1 fully saturated rings. The summed E-state index contributed by atoms with van der Waals surface area (Å²) >= 11 is 0. The molecule has 3 rings (SSSR count). The normalized spacial score (nSPS) is 18.0. The number of piperidine rings is 1. The molecule has 0 spiro atoms. The lowest BCUT2D eigenvalue weighted by Crippen LogP contribution is -2.41.